The monoisotopic (exact) mass is 410 g/mol. The van der Waals surface area contributed by atoms with Crippen molar-refractivity contribution in [1.82, 2.24) is 0 Å². The number of nitro groups is 1. The molecule has 0 aliphatic carbocycles. The molecular weight excluding hydrogens is 396 g/mol. The largest absolute Gasteiger partial charge is 0.452 e. The number of amides is 1. The van der Waals surface area contributed by atoms with E-state index >= 15 is 0 Å². The summed E-state index contributed by atoms with van der Waals surface area (Å²) in [6.07, 6.45) is 0. The lowest BCUT2D eigenvalue weighted by Crippen LogP contribution is -2.21. The number of ether oxygens (including phenoxy) is 1. The minimum atomic E-state index is -0.923. The Bertz CT molecular complexity index is 1050. The van der Waals surface area contributed by atoms with Gasteiger partial charge in [0, 0.05) is 17.8 Å². The van der Waals surface area contributed by atoms with Crippen LogP contribution in [0.25, 0.3) is 11.1 Å². The Labute approximate surface area is 171 Å². The van der Waals surface area contributed by atoms with Gasteiger partial charge < -0.3 is 10.1 Å². The number of carbonyl (C=O) groups excluding carboxylic acids is 2. The number of anilines is 1. The first kappa shape index (κ1) is 20.0. The van der Waals surface area contributed by atoms with E-state index in [4.69, 9.17) is 16.3 Å². The normalized spacial score (nSPS) is 10.2. The van der Waals surface area contributed by atoms with Gasteiger partial charge in [0.25, 0.3) is 11.6 Å². The third-order valence-electron chi connectivity index (χ3n) is 3.99. The third-order valence-corrected chi connectivity index (χ3v) is 4.32. The van der Waals surface area contributed by atoms with Gasteiger partial charge in [-0.2, -0.15) is 0 Å². The summed E-state index contributed by atoms with van der Waals surface area (Å²) in [5.41, 5.74) is 2.10. The Morgan fingerprint density at radius 3 is 2.28 bits per heavy atom. The summed E-state index contributed by atoms with van der Waals surface area (Å²) in [5, 5.41) is 13.4. The van der Waals surface area contributed by atoms with E-state index in [9.17, 15) is 19.7 Å². The fraction of sp³-hybridized carbons (Fsp3) is 0.0476. The number of rotatable bonds is 6. The standard InChI is InChI=1S/C21H15ClN2O5/c22-19-11-10-17(24(27)28)12-18(19)21(26)29-13-20(25)23-16-8-6-15(7-9-16)14-4-2-1-3-5-14/h1-12H,13H2,(H,23,25). The Morgan fingerprint density at radius 1 is 0.966 bits per heavy atom. The van der Waals surface area contributed by atoms with Gasteiger partial charge in [-0.1, -0.05) is 54.1 Å². The Morgan fingerprint density at radius 2 is 1.62 bits per heavy atom. The number of benzene rings is 3. The molecule has 7 nitrogen and oxygen atoms in total. The lowest BCUT2D eigenvalue weighted by atomic mass is 10.1. The summed E-state index contributed by atoms with van der Waals surface area (Å²) in [6.45, 7) is -0.557. The second-order valence-electron chi connectivity index (χ2n) is 5.99. The summed E-state index contributed by atoms with van der Waals surface area (Å²) in [6, 6.07) is 20.4. The molecule has 0 saturated heterocycles. The van der Waals surface area contributed by atoms with Crippen LogP contribution < -0.4 is 5.32 Å². The molecule has 0 aromatic heterocycles. The van der Waals surface area contributed by atoms with Gasteiger partial charge in [-0.25, -0.2) is 4.79 Å². The number of esters is 1. The third kappa shape index (κ3) is 5.18. The van der Waals surface area contributed by atoms with Crippen LogP contribution in [0.5, 0.6) is 0 Å². The molecule has 1 amide bonds. The predicted molar refractivity (Wildman–Crippen MR) is 109 cm³/mol. The molecule has 0 radical (unpaired) electrons. The highest BCUT2D eigenvalue weighted by Gasteiger charge is 2.18. The Hall–Kier alpha value is -3.71. The highest BCUT2D eigenvalue weighted by atomic mass is 35.5. The number of carbonyl (C=O) groups is 2. The molecule has 1 N–H and O–H groups in total. The summed E-state index contributed by atoms with van der Waals surface area (Å²) >= 11 is 5.88. The summed E-state index contributed by atoms with van der Waals surface area (Å²) in [5.74, 6) is -1.47. The van der Waals surface area contributed by atoms with Crippen molar-refractivity contribution in [2.75, 3.05) is 11.9 Å². The molecule has 0 spiro atoms. The summed E-state index contributed by atoms with van der Waals surface area (Å²) in [4.78, 5) is 34.3. The maximum Gasteiger partial charge on any atom is 0.340 e. The molecule has 3 rings (SSSR count). The van der Waals surface area contributed by atoms with E-state index in [-0.39, 0.29) is 16.3 Å². The highest BCUT2D eigenvalue weighted by Crippen LogP contribution is 2.23. The van der Waals surface area contributed by atoms with Crippen LogP contribution in [0.1, 0.15) is 10.4 Å². The van der Waals surface area contributed by atoms with Crippen LogP contribution in [0, 0.1) is 10.1 Å². The van der Waals surface area contributed by atoms with Gasteiger partial charge in [0.2, 0.25) is 0 Å². The zero-order chi connectivity index (χ0) is 20.8. The van der Waals surface area contributed by atoms with Crippen LogP contribution in [0.15, 0.2) is 72.8 Å². The molecule has 146 valence electrons. The van der Waals surface area contributed by atoms with Crippen molar-refractivity contribution in [2.24, 2.45) is 0 Å². The van der Waals surface area contributed by atoms with Gasteiger partial charge in [-0.15, -0.1) is 0 Å². The molecular formula is C21H15ClN2O5. The van der Waals surface area contributed by atoms with Gasteiger partial charge in [0.1, 0.15) is 0 Å². The number of nitrogens with zero attached hydrogens (tertiary/aromatic N) is 1. The molecule has 3 aromatic carbocycles. The molecule has 0 atom stereocenters. The first-order valence-corrected chi connectivity index (χ1v) is 8.88. The molecule has 29 heavy (non-hydrogen) atoms. The molecule has 0 unspecified atom stereocenters. The fourth-order valence-electron chi connectivity index (χ4n) is 2.57. The van der Waals surface area contributed by atoms with E-state index in [1.165, 1.54) is 12.1 Å². The van der Waals surface area contributed by atoms with Crippen LogP contribution in [0.3, 0.4) is 0 Å². The van der Waals surface area contributed by atoms with E-state index in [2.05, 4.69) is 5.32 Å². The average molecular weight is 411 g/mol. The smallest absolute Gasteiger partial charge is 0.340 e. The number of hydrogen-bond donors (Lipinski definition) is 1. The van der Waals surface area contributed by atoms with Gasteiger partial charge in [-0.05, 0) is 29.3 Å². The van der Waals surface area contributed by atoms with Gasteiger partial charge in [0.15, 0.2) is 6.61 Å². The van der Waals surface area contributed by atoms with Crippen LogP contribution in [-0.2, 0) is 9.53 Å². The molecule has 0 saturated carbocycles. The predicted octanol–water partition coefficient (Wildman–Crippen LogP) is 4.71. The second kappa shape index (κ2) is 8.99. The maximum absolute atomic E-state index is 12.1. The SMILES string of the molecule is O=C(COC(=O)c1cc([N+](=O)[O-])ccc1Cl)Nc1ccc(-c2ccccc2)cc1. The zero-order valence-corrected chi connectivity index (χ0v) is 15.8. The van der Waals surface area contributed by atoms with Crippen molar-refractivity contribution >= 4 is 34.9 Å². The number of non-ortho nitro benzene ring substituents is 1. The average Bonchev–Trinajstić information content (AvgIpc) is 2.73. The van der Waals surface area contributed by atoms with E-state index in [0.29, 0.717) is 5.69 Å². The molecule has 3 aromatic rings. The van der Waals surface area contributed by atoms with Gasteiger partial charge in [0.05, 0.1) is 15.5 Å². The van der Waals surface area contributed by atoms with Crippen molar-refractivity contribution < 1.29 is 19.2 Å². The lowest BCUT2D eigenvalue weighted by molar-refractivity contribution is -0.384. The molecule has 0 aliphatic rings. The van der Waals surface area contributed by atoms with Gasteiger partial charge >= 0.3 is 5.97 Å². The first-order valence-electron chi connectivity index (χ1n) is 8.50. The van der Waals surface area contributed by atoms with Crippen LogP contribution >= 0.6 is 11.6 Å². The number of halogens is 1. The zero-order valence-electron chi connectivity index (χ0n) is 15.0. The topological polar surface area (TPSA) is 98.5 Å². The van der Waals surface area contributed by atoms with Crippen LogP contribution in [0.4, 0.5) is 11.4 Å². The van der Waals surface area contributed by atoms with Gasteiger partial charge in [-0.3, -0.25) is 14.9 Å². The quantitative estimate of drug-likeness (QED) is 0.360. The summed E-state index contributed by atoms with van der Waals surface area (Å²) in [7, 11) is 0. The highest BCUT2D eigenvalue weighted by molar-refractivity contribution is 6.33. The molecule has 0 bridgehead atoms. The number of nitro benzene ring substituents is 1. The van der Waals surface area contributed by atoms with Crippen molar-refractivity contribution in [1.29, 1.82) is 0 Å². The van der Waals surface area contributed by atoms with Crippen molar-refractivity contribution in [2.45, 2.75) is 0 Å². The minimum absolute atomic E-state index is 0.00231. The van der Waals surface area contributed by atoms with Crippen LogP contribution in [-0.4, -0.2) is 23.4 Å². The van der Waals surface area contributed by atoms with E-state index in [1.54, 1.807) is 12.1 Å². The lowest BCUT2D eigenvalue weighted by Gasteiger charge is -2.08. The molecule has 8 heteroatoms. The Kier molecular flexibility index (Phi) is 6.21. The van der Waals surface area contributed by atoms with Crippen LogP contribution in [0.2, 0.25) is 5.02 Å². The fourth-order valence-corrected chi connectivity index (χ4v) is 2.76. The van der Waals surface area contributed by atoms with E-state index < -0.39 is 23.4 Å². The first-order chi connectivity index (χ1) is 13.9. The van der Waals surface area contributed by atoms with Crippen molar-refractivity contribution in [3.8, 4) is 11.1 Å². The molecule has 0 heterocycles. The number of nitrogens with one attached hydrogen (secondary N) is 1. The minimum Gasteiger partial charge on any atom is -0.452 e. The van der Waals surface area contributed by atoms with Crippen molar-refractivity contribution in [3.05, 3.63) is 93.5 Å². The Balaban J connectivity index is 1.58. The molecule has 0 aliphatic heterocycles. The molecule has 0 fully saturated rings. The van der Waals surface area contributed by atoms with E-state index in [0.717, 1.165) is 17.2 Å². The van der Waals surface area contributed by atoms with Crippen molar-refractivity contribution in [3.63, 3.8) is 0 Å². The second-order valence-corrected chi connectivity index (χ2v) is 6.40. The maximum atomic E-state index is 12.1. The van der Waals surface area contributed by atoms with E-state index in [1.807, 2.05) is 42.5 Å². The summed E-state index contributed by atoms with van der Waals surface area (Å²) < 4.78 is 4.91. The number of hydrogen-bond acceptors (Lipinski definition) is 5.